The third-order valence-corrected chi connectivity index (χ3v) is 3.71. The van der Waals surface area contributed by atoms with Crippen molar-refractivity contribution in [1.82, 2.24) is 0 Å². The third-order valence-electron chi connectivity index (χ3n) is 3.46. The second-order valence-corrected chi connectivity index (χ2v) is 5.76. The fourth-order valence-electron chi connectivity index (χ4n) is 2.76. The summed E-state index contributed by atoms with van der Waals surface area (Å²) < 4.78 is 5.39. The summed E-state index contributed by atoms with van der Waals surface area (Å²) >= 11 is 5.85. The molecule has 19 heavy (non-hydrogen) atoms. The molecule has 0 aromatic heterocycles. The van der Waals surface area contributed by atoms with Gasteiger partial charge in [0.15, 0.2) is 11.4 Å². The fraction of sp³-hybridized carbons (Fsp3) is 0.467. The molecule has 2 unspecified atom stereocenters. The van der Waals surface area contributed by atoms with Crippen molar-refractivity contribution in [3.8, 4) is 0 Å². The van der Waals surface area contributed by atoms with Crippen molar-refractivity contribution in [3.63, 3.8) is 0 Å². The predicted octanol–water partition coefficient (Wildman–Crippen LogP) is 3.18. The molecule has 4 heteroatoms. The van der Waals surface area contributed by atoms with Gasteiger partial charge in [0.25, 0.3) is 0 Å². The van der Waals surface area contributed by atoms with Crippen LogP contribution in [0.3, 0.4) is 0 Å². The Kier molecular flexibility index (Phi) is 3.95. The van der Waals surface area contributed by atoms with E-state index in [1.807, 2.05) is 19.1 Å². The Morgan fingerprint density at radius 1 is 1.42 bits per heavy atom. The maximum absolute atomic E-state index is 12.2. The van der Waals surface area contributed by atoms with E-state index in [0.29, 0.717) is 24.3 Å². The van der Waals surface area contributed by atoms with E-state index in [9.17, 15) is 9.59 Å². The molecule has 0 bridgehead atoms. The molecular formula is C15H17ClO3. The van der Waals surface area contributed by atoms with Crippen LogP contribution in [-0.4, -0.2) is 17.4 Å². The molecule has 0 aliphatic heterocycles. The van der Waals surface area contributed by atoms with Crippen molar-refractivity contribution in [2.45, 2.75) is 38.7 Å². The van der Waals surface area contributed by atoms with Gasteiger partial charge in [-0.2, -0.15) is 0 Å². The zero-order valence-electron chi connectivity index (χ0n) is 11.1. The minimum absolute atomic E-state index is 0.0187. The number of rotatable bonds is 3. The molecule has 0 heterocycles. The van der Waals surface area contributed by atoms with Crippen molar-refractivity contribution in [3.05, 3.63) is 34.9 Å². The zero-order valence-corrected chi connectivity index (χ0v) is 11.9. The number of ketones is 1. The average Bonchev–Trinajstić information content (AvgIpc) is 2.56. The molecule has 1 aromatic carbocycles. The van der Waals surface area contributed by atoms with Crippen LogP contribution in [0.4, 0.5) is 0 Å². The normalized spacial score (nSPS) is 26.5. The molecule has 1 aliphatic carbocycles. The maximum atomic E-state index is 12.2. The first-order valence-corrected chi connectivity index (χ1v) is 6.76. The number of Topliss-reactive ketones (excluding diaryl/α,β-unsaturated/α-hetero) is 1. The van der Waals surface area contributed by atoms with Gasteiger partial charge in [-0.05, 0) is 30.0 Å². The molecule has 2 atom stereocenters. The number of hydrogen-bond donors (Lipinski definition) is 0. The number of carbonyl (C=O) groups excluding carboxylic acids is 2. The van der Waals surface area contributed by atoms with E-state index in [1.165, 1.54) is 6.92 Å². The van der Waals surface area contributed by atoms with Gasteiger partial charge in [-0.15, -0.1) is 0 Å². The van der Waals surface area contributed by atoms with Crippen LogP contribution in [0.2, 0.25) is 5.02 Å². The van der Waals surface area contributed by atoms with Gasteiger partial charge in [-0.3, -0.25) is 9.59 Å². The number of hydrogen-bond acceptors (Lipinski definition) is 3. The Morgan fingerprint density at radius 3 is 2.53 bits per heavy atom. The standard InChI is InChI=1S/C15H17ClO3/c1-10-7-14(18)15(8-10,19-11(2)17)9-12-3-5-13(16)6-4-12/h3-6,10H,7-9H2,1-2H3. The van der Waals surface area contributed by atoms with Gasteiger partial charge in [0, 0.05) is 24.8 Å². The Hall–Kier alpha value is -1.35. The second kappa shape index (κ2) is 5.33. The highest BCUT2D eigenvalue weighted by Gasteiger charge is 2.48. The minimum Gasteiger partial charge on any atom is -0.451 e. The average molecular weight is 281 g/mol. The van der Waals surface area contributed by atoms with Gasteiger partial charge in [0.2, 0.25) is 0 Å². The second-order valence-electron chi connectivity index (χ2n) is 5.33. The van der Waals surface area contributed by atoms with Crippen LogP contribution in [0.15, 0.2) is 24.3 Å². The summed E-state index contributed by atoms with van der Waals surface area (Å²) in [6.07, 6.45) is 1.49. The monoisotopic (exact) mass is 280 g/mol. The molecular weight excluding hydrogens is 264 g/mol. The summed E-state index contributed by atoms with van der Waals surface area (Å²) in [6.45, 7) is 3.35. The molecule has 0 N–H and O–H groups in total. The summed E-state index contributed by atoms with van der Waals surface area (Å²) in [7, 11) is 0. The molecule has 1 fully saturated rings. The van der Waals surface area contributed by atoms with Gasteiger partial charge in [-0.1, -0.05) is 30.7 Å². The number of carbonyl (C=O) groups is 2. The molecule has 0 saturated heterocycles. The molecule has 1 aliphatic rings. The number of benzene rings is 1. The van der Waals surface area contributed by atoms with E-state index in [0.717, 1.165) is 5.56 Å². The van der Waals surface area contributed by atoms with Crippen molar-refractivity contribution < 1.29 is 14.3 Å². The molecule has 0 radical (unpaired) electrons. The smallest absolute Gasteiger partial charge is 0.303 e. The molecule has 0 amide bonds. The molecule has 2 rings (SSSR count). The summed E-state index contributed by atoms with van der Waals surface area (Å²) in [4.78, 5) is 23.5. The molecule has 1 aromatic rings. The van der Waals surface area contributed by atoms with Gasteiger partial charge in [0.1, 0.15) is 0 Å². The molecule has 3 nitrogen and oxygen atoms in total. The first-order valence-electron chi connectivity index (χ1n) is 6.38. The lowest BCUT2D eigenvalue weighted by molar-refractivity contribution is -0.163. The van der Waals surface area contributed by atoms with Crippen molar-refractivity contribution in [1.29, 1.82) is 0 Å². The van der Waals surface area contributed by atoms with Crippen molar-refractivity contribution in [2.75, 3.05) is 0 Å². The summed E-state index contributed by atoms with van der Waals surface area (Å²) in [6, 6.07) is 7.29. The van der Waals surface area contributed by atoms with E-state index >= 15 is 0 Å². The first-order chi connectivity index (χ1) is 8.91. The minimum atomic E-state index is -0.987. The molecule has 102 valence electrons. The summed E-state index contributed by atoms with van der Waals surface area (Å²) in [5, 5.41) is 0.649. The Balaban J connectivity index is 2.26. The van der Waals surface area contributed by atoms with Crippen molar-refractivity contribution in [2.24, 2.45) is 5.92 Å². The topological polar surface area (TPSA) is 43.4 Å². The number of ether oxygens (including phenoxy) is 1. The molecule has 0 spiro atoms. The van der Waals surface area contributed by atoms with E-state index < -0.39 is 11.6 Å². The fourth-order valence-corrected chi connectivity index (χ4v) is 2.89. The summed E-state index contributed by atoms with van der Waals surface area (Å²) in [5.74, 6) is -0.138. The van der Waals surface area contributed by atoms with Crippen LogP contribution in [0.25, 0.3) is 0 Å². The number of halogens is 1. The van der Waals surface area contributed by atoms with Gasteiger partial charge in [-0.25, -0.2) is 0 Å². The van der Waals surface area contributed by atoms with Crippen LogP contribution >= 0.6 is 11.6 Å². The quantitative estimate of drug-likeness (QED) is 0.799. The molecule has 1 saturated carbocycles. The van der Waals surface area contributed by atoms with Gasteiger partial charge < -0.3 is 4.74 Å². The van der Waals surface area contributed by atoms with Crippen LogP contribution in [0.5, 0.6) is 0 Å². The Labute approximate surface area is 117 Å². The lowest BCUT2D eigenvalue weighted by atomic mass is 9.91. The summed E-state index contributed by atoms with van der Waals surface area (Å²) in [5.41, 5.74) is -0.0351. The van der Waals surface area contributed by atoms with Crippen LogP contribution in [0.1, 0.15) is 32.3 Å². The highest BCUT2D eigenvalue weighted by molar-refractivity contribution is 6.30. The van der Waals surface area contributed by atoms with Crippen LogP contribution < -0.4 is 0 Å². The van der Waals surface area contributed by atoms with E-state index in [-0.39, 0.29) is 11.7 Å². The van der Waals surface area contributed by atoms with E-state index in [2.05, 4.69) is 0 Å². The maximum Gasteiger partial charge on any atom is 0.303 e. The lowest BCUT2D eigenvalue weighted by Crippen LogP contribution is -2.41. The Morgan fingerprint density at radius 2 is 2.05 bits per heavy atom. The highest BCUT2D eigenvalue weighted by Crippen LogP contribution is 2.37. The van der Waals surface area contributed by atoms with Gasteiger partial charge >= 0.3 is 5.97 Å². The van der Waals surface area contributed by atoms with Gasteiger partial charge in [0.05, 0.1) is 0 Å². The largest absolute Gasteiger partial charge is 0.451 e. The first kappa shape index (κ1) is 14.1. The SMILES string of the molecule is CC(=O)OC1(Cc2ccc(Cl)cc2)CC(C)CC1=O. The third kappa shape index (κ3) is 3.16. The Bertz CT molecular complexity index is 495. The van der Waals surface area contributed by atoms with E-state index in [4.69, 9.17) is 16.3 Å². The highest BCUT2D eigenvalue weighted by atomic mass is 35.5. The zero-order chi connectivity index (χ0) is 14.0. The van der Waals surface area contributed by atoms with E-state index in [1.54, 1.807) is 12.1 Å². The number of esters is 1. The van der Waals surface area contributed by atoms with Crippen LogP contribution in [0, 0.1) is 5.92 Å². The lowest BCUT2D eigenvalue weighted by Gasteiger charge is -2.27. The van der Waals surface area contributed by atoms with Crippen LogP contribution in [-0.2, 0) is 20.7 Å². The predicted molar refractivity (Wildman–Crippen MR) is 73.1 cm³/mol. The van der Waals surface area contributed by atoms with Crippen molar-refractivity contribution >= 4 is 23.4 Å².